The van der Waals surface area contributed by atoms with Gasteiger partial charge in [-0.15, -0.1) is 0 Å². The molecule has 38 heavy (non-hydrogen) atoms. The maximum atomic E-state index is 13.5. The number of para-hydroxylation sites is 1. The number of ether oxygens (including phenoxy) is 1. The van der Waals surface area contributed by atoms with E-state index in [2.05, 4.69) is 47.6 Å². The van der Waals surface area contributed by atoms with Gasteiger partial charge in [0.25, 0.3) is 11.8 Å². The summed E-state index contributed by atoms with van der Waals surface area (Å²) in [7, 11) is 1.50. The molecular weight excluding hydrogens is 480 g/mol. The number of benzene rings is 2. The zero-order valence-corrected chi connectivity index (χ0v) is 22.6. The van der Waals surface area contributed by atoms with Crippen LogP contribution in [0, 0.1) is 13.8 Å². The number of anilines is 2. The van der Waals surface area contributed by atoms with Crippen LogP contribution in [0.2, 0.25) is 0 Å². The van der Waals surface area contributed by atoms with Gasteiger partial charge >= 0.3 is 6.03 Å². The van der Waals surface area contributed by atoms with Gasteiger partial charge in [-0.3, -0.25) is 14.5 Å². The van der Waals surface area contributed by atoms with Gasteiger partial charge < -0.3 is 14.2 Å². The number of hydrogen-bond acceptors (Lipinski definition) is 5. The van der Waals surface area contributed by atoms with E-state index in [0.717, 1.165) is 51.2 Å². The Morgan fingerprint density at radius 3 is 2.13 bits per heavy atom. The number of amides is 4. The Hall–Kier alpha value is -4.17. The topological polar surface area (TPSA) is 75.1 Å². The van der Waals surface area contributed by atoms with Crippen molar-refractivity contribution in [3.05, 3.63) is 83.2 Å². The van der Waals surface area contributed by atoms with E-state index in [0.29, 0.717) is 5.69 Å². The molecule has 8 nitrogen and oxygen atoms in total. The number of hydrogen-bond donors (Lipinski definition) is 0. The molecule has 1 saturated heterocycles. The molecule has 0 spiro atoms. The molecule has 1 fully saturated rings. The molecule has 2 aromatic carbocycles. The van der Waals surface area contributed by atoms with Crippen LogP contribution >= 0.6 is 0 Å². The molecule has 0 saturated carbocycles. The third kappa shape index (κ3) is 4.99. The van der Waals surface area contributed by atoms with E-state index in [1.807, 2.05) is 19.9 Å². The first kappa shape index (κ1) is 26.9. The highest BCUT2D eigenvalue weighted by Crippen LogP contribution is 2.29. The maximum absolute atomic E-state index is 13.5. The second-order valence-corrected chi connectivity index (χ2v) is 9.12. The SMILES string of the molecule is CCN(CC)c1ccc(-n2c(C)cc(/C=C3/C(=O)N(CCOC)C(=O)N(c4ccccc4)C3=O)c2C)cc1. The maximum Gasteiger partial charge on any atom is 0.338 e. The number of nitrogens with zero attached hydrogens (tertiary/aromatic N) is 4. The number of urea groups is 1. The summed E-state index contributed by atoms with van der Waals surface area (Å²) >= 11 is 0. The molecule has 0 unspecified atom stereocenters. The van der Waals surface area contributed by atoms with Crippen molar-refractivity contribution in [2.45, 2.75) is 27.7 Å². The number of carbonyl (C=O) groups is 3. The van der Waals surface area contributed by atoms with Crippen LogP contribution < -0.4 is 9.80 Å². The van der Waals surface area contributed by atoms with Crippen molar-refractivity contribution < 1.29 is 19.1 Å². The predicted octanol–water partition coefficient (Wildman–Crippen LogP) is 4.97. The Labute approximate surface area is 223 Å². The van der Waals surface area contributed by atoms with Crippen molar-refractivity contribution in [1.29, 1.82) is 0 Å². The standard InChI is InChI=1S/C30H34N4O4/c1-6-31(7-2)24-13-15-26(16-14-24)33-21(3)19-23(22(33)4)20-27-28(35)32(17-18-38-5)30(37)34(29(27)36)25-11-9-8-10-12-25/h8-16,19-20H,6-7,17-18H2,1-5H3/b27-20-. The second kappa shape index (κ2) is 11.5. The zero-order chi connectivity index (χ0) is 27.4. The van der Waals surface area contributed by atoms with E-state index in [4.69, 9.17) is 4.74 Å². The van der Waals surface area contributed by atoms with E-state index in [1.54, 1.807) is 36.4 Å². The lowest BCUT2D eigenvalue weighted by atomic mass is 10.1. The summed E-state index contributed by atoms with van der Waals surface area (Å²) in [6, 6.07) is 18.3. The molecule has 3 aromatic rings. The van der Waals surface area contributed by atoms with Gasteiger partial charge in [0.15, 0.2) is 0 Å². The van der Waals surface area contributed by atoms with Crippen molar-refractivity contribution >= 4 is 35.3 Å². The number of aryl methyl sites for hydroxylation is 1. The van der Waals surface area contributed by atoms with Crippen molar-refractivity contribution in [1.82, 2.24) is 9.47 Å². The quantitative estimate of drug-likeness (QED) is 0.298. The minimum atomic E-state index is -0.681. The van der Waals surface area contributed by atoms with Crippen molar-refractivity contribution in [2.24, 2.45) is 0 Å². The van der Waals surface area contributed by atoms with Gasteiger partial charge in [0, 0.05) is 43.0 Å². The minimum Gasteiger partial charge on any atom is -0.383 e. The molecule has 2 heterocycles. The highest BCUT2D eigenvalue weighted by atomic mass is 16.5. The third-order valence-corrected chi connectivity index (χ3v) is 6.87. The van der Waals surface area contributed by atoms with Gasteiger partial charge in [-0.2, -0.15) is 0 Å². The van der Waals surface area contributed by atoms with Gasteiger partial charge in [0.1, 0.15) is 5.57 Å². The number of carbonyl (C=O) groups excluding carboxylic acids is 3. The zero-order valence-electron chi connectivity index (χ0n) is 22.6. The molecule has 0 radical (unpaired) electrons. The lowest BCUT2D eigenvalue weighted by Gasteiger charge is -2.33. The minimum absolute atomic E-state index is 0.0417. The van der Waals surface area contributed by atoms with Crippen molar-refractivity contribution in [3.63, 3.8) is 0 Å². The molecule has 4 rings (SSSR count). The molecule has 198 valence electrons. The Morgan fingerprint density at radius 2 is 1.53 bits per heavy atom. The van der Waals surface area contributed by atoms with Crippen LogP contribution in [0.15, 0.2) is 66.2 Å². The largest absolute Gasteiger partial charge is 0.383 e. The summed E-state index contributed by atoms with van der Waals surface area (Å²) < 4.78 is 7.21. The third-order valence-electron chi connectivity index (χ3n) is 6.87. The van der Waals surface area contributed by atoms with Crippen molar-refractivity contribution in [3.8, 4) is 5.69 Å². The van der Waals surface area contributed by atoms with E-state index in [-0.39, 0.29) is 18.7 Å². The second-order valence-electron chi connectivity index (χ2n) is 9.12. The summed E-state index contributed by atoms with van der Waals surface area (Å²) in [5, 5.41) is 0. The van der Waals surface area contributed by atoms with Gasteiger partial charge in [-0.05, 0) is 81.8 Å². The highest BCUT2D eigenvalue weighted by molar-refractivity contribution is 6.39. The fourth-order valence-electron chi connectivity index (χ4n) is 4.85. The Bertz CT molecular complexity index is 1350. The van der Waals surface area contributed by atoms with E-state index in [1.165, 1.54) is 7.11 Å². The molecule has 0 N–H and O–H groups in total. The fraction of sp³-hybridized carbons (Fsp3) is 0.300. The monoisotopic (exact) mass is 514 g/mol. The molecule has 1 aromatic heterocycles. The summed E-state index contributed by atoms with van der Waals surface area (Å²) in [6.07, 6.45) is 1.59. The van der Waals surface area contributed by atoms with Crippen molar-refractivity contribution in [2.75, 3.05) is 43.2 Å². The summed E-state index contributed by atoms with van der Waals surface area (Å²) in [5.74, 6) is -1.27. The van der Waals surface area contributed by atoms with Gasteiger partial charge in [-0.1, -0.05) is 18.2 Å². The van der Waals surface area contributed by atoms with Gasteiger partial charge in [0.05, 0.1) is 18.8 Å². The number of barbiturate groups is 1. The molecule has 0 aliphatic carbocycles. The Kier molecular flexibility index (Phi) is 8.12. The average Bonchev–Trinajstić information content (AvgIpc) is 3.20. The smallest absolute Gasteiger partial charge is 0.338 e. The lowest BCUT2D eigenvalue weighted by molar-refractivity contribution is -0.129. The Morgan fingerprint density at radius 1 is 0.868 bits per heavy atom. The summed E-state index contributed by atoms with van der Waals surface area (Å²) in [5.41, 5.74) is 5.07. The summed E-state index contributed by atoms with van der Waals surface area (Å²) in [4.78, 5) is 44.5. The molecule has 4 amide bonds. The van der Waals surface area contributed by atoms with Gasteiger partial charge in [0.2, 0.25) is 0 Å². The first-order valence-corrected chi connectivity index (χ1v) is 12.8. The van der Waals surface area contributed by atoms with Crippen LogP contribution in [0.1, 0.15) is 30.8 Å². The lowest BCUT2D eigenvalue weighted by Crippen LogP contribution is -2.57. The highest BCUT2D eigenvalue weighted by Gasteiger charge is 2.42. The predicted molar refractivity (Wildman–Crippen MR) is 150 cm³/mol. The molecule has 1 aliphatic heterocycles. The Balaban J connectivity index is 1.75. The number of methoxy groups -OCH3 is 1. The molecule has 0 atom stereocenters. The van der Waals surface area contributed by atoms with E-state index < -0.39 is 17.8 Å². The van der Waals surface area contributed by atoms with Crippen LogP contribution in [0.4, 0.5) is 16.2 Å². The van der Waals surface area contributed by atoms with E-state index in [9.17, 15) is 14.4 Å². The number of rotatable bonds is 9. The van der Waals surface area contributed by atoms with Crippen LogP contribution in [0.25, 0.3) is 11.8 Å². The molecular formula is C30H34N4O4. The number of imide groups is 2. The van der Waals surface area contributed by atoms with Crippen LogP contribution in [0.3, 0.4) is 0 Å². The van der Waals surface area contributed by atoms with Crippen LogP contribution in [-0.4, -0.2) is 60.7 Å². The molecule has 1 aliphatic rings. The molecule has 0 bridgehead atoms. The first-order valence-electron chi connectivity index (χ1n) is 12.8. The number of aromatic nitrogens is 1. The van der Waals surface area contributed by atoms with Crippen LogP contribution in [-0.2, 0) is 14.3 Å². The summed E-state index contributed by atoms with van der Waals surface area (Å²) in [6.45, 7) is 10.3. The normalized spacial score (nSPS) is 15.1. The first-order chi connectivity index (χ1) is 18.3. The fourth-order valence-corrected chi connectivity index (χ4v) is 4.85. The van der Waals surface area contributed by atoms with Crippen LogP contribution in [0.5, 0.6) is 0 Å². The van der Waals surface area contributed by atoms with Gasteiger partial charge in [-0.25, -0.2) is 9.69 Å². The average molecular weight is 515 g/mol. The molecule has 8 heteroatoms. The van der Waals surface area contributed by atoms with E-state index >= 15 is 0 Å².